The molecule has 3 aliphatic heterocycles. The fourth-order valence-electron chi connectivity index (χ4n) is 4.97. The Morgan fingerprint density at radius 2 is 2.37 bits per heavy atom. The Hall–Kier alpha value is -2.50. The molecular weight excluding hydrogens is 362 g/mol. The van der Waals surface area contributed by atoms with Crippen molar-refractivity contribution in [1.29, 1.82) is 5.26 Å². The first-order chi connectivity index (χ1) is 13.2. The van der Waals surface area contributed by atoms with Crippen LogP contribution in [0.2, 0.25) is 0 Å². The number of aromatic nitrogens is 2. The largest absolute Gasteiger partial charge is 0.369 e. The van der Waals surface area contributed by atoms with Crippen molar-refractivity contribution in [2.45, 2.75) is 24.5 Å². The van der Waals surface area contributed by atoms with Gasteiger partial charge in [-0.15, -0.1) is 0 Å². The van der Waals surface area contributed by atoms with E-state index < -0.39 is 0 Å². The Bertz CT molecular complexity index is 911. The summed E-state index contributed by atoms with van der Waals surface area (Å²) in [6, 6.07) is 3.97. The fraction of sp³-hybridized carbons (Fsp3) is 0.474. The van der Waals surface area contributed by atoms with Crippen LogP contribution in [-0.2, 0) is 4.74 Å². The summed E-state index contributed by atoms with van der Waals surface area (Å²) in [6.07, 6.45) is 5.42. The van der Waals surface area contributed by atoms with Crippen LogP contribution in [0.1, 0.15) is 28.9 Å². The van der Waals surface area contributed by atoms with Crippen LogP contribution < -0.4 is 10.2 Å². The van der Waals surface area contributed by atoms with E-state index in [1.165, 1.54) is 11.3 Å². The van der Waals surface area contributed by atoms with Crippen molar-refractivity contribution < 1.29 is 9.53 Å². The first-order valence-corrected chi connectivity index (χ1v) is 10.1. The summed E-state index contributed by atoms with van der Waals surface area (Å²) in [5.74, 6) is 1.22. The van der Waals surface area contributed by atoms with Gasteiger partial charge in [-0.2, -0.15) is 16.6 Å². The number of carbonyl (C=O) groups is 1. The van der Waals surface area contributed by atoms with E-state index in [-0.39, 0.29) is 23.5 Å². The second-order valence-corrected chi connectivity index (χ2v) is 8.25. The van der Waals surface area contributed by atoms with E-state index in [1.807, 2.05) is 16.8 Å². The van der Waals surface area contributed by atoms with Crippen molar-refractivity contribution in [1.82, 2.24) is 15.3 Å². The van der Waals surface area contributed by atoms with Crippen LogP contribution in [0.15, 0.2) is 29.2 Å². The molecule has 3 aliphatic rings. The lowest BCUT2D eigenvalue weighted by Gasteiger charge is -2.29. The summed E-state index contributed by atoms with van der Waals surface area (Å²) in [7, 11) is 0. The Morgan fingerprint density at radius 1 is 1.48 bits per heavy atom. The molecule has 0 unspecified atom stereocenters. The van der Waals surface area contributed by atoms with Crippen molar-refractivity contribution in [3.63, 3.8) is 0 Å². The van der Waals surface area contributed by atoms with E-state index in [0.717, 1.165) is 25.9 Å². The number of rotatable bonds is 4. The summed E-state index contributed by atoms with van der Waals surface area (Å²) in [6.45, 7) is 2.13. The standard InChI is InChI=1S/C19H19N5O2S/c20-7-15-17(22-5-4-21-15)24-9-14-13(16-1-3-19(14,11-24)26-16)8-23-18(25)12-2-6-27-10-12/h2,4-6,10,13-14,16H,1,3,8-9,11H2,(H,23,25)/t13-,14+,16+,19+/m0/s1. The van der Waals surface area contributed by atoms with Crippen molar-refractivity contribution in [3.8, 4) is 6.07 Å². The van der Waals surface area contributed by atoms with Gasteiger partial charge in [0.25, 0.3) is 5.91 Å². The molecule has 1 N–H and O–H groups in total. The summed E-state index contributed by atoms with van der Waals surface area (Å²) >= 11 is 1.52. The van der Waals surface area contributed by atoms with Crippen molar-refractivity contribution in [3.05, 3.63) is 40.5 Å². The number of anilines is 1. The van der Waals surface area contributed by atoms with Gasteiger partial charge in [-0.25, -0.2) is 9.97 Å². The molecule has 2 aromatic rings. The highest BCUT2D eigenvalue weighted by Gasteiger charge is 2.63. The number of amides is 1. The lowest BCUT2D eigenvalue weighted by Crippen LogP contribution is -2.41. The Kier molecular flexibility index (Phi) is 3.88. The van der Waals surface area contributed by atoms with Gasteiger partial charge in [-0.3, -0.25) is 4.79 Å². The minimum absolute atomic E-state index is 0.0244. The SMILES string of the molecule is N#Cc1nccnc1N1C[C@@H]2[C@H](CNC(=O)c3ccsc3)[C@H]3CC[C@]2(C1)O3. The third kappa shape index (κ3) is 2.61. The zero-order chi connectivity index (χ0) is 18.4. The molecule has 0 aliphatic carbocycles. The second kappa shape index (κ2) is 6.29. The molecule has 5 heterocycles. The maximum Gasteiger partial charge on any atom is 0.252 e. The van der Waals surface area contributed by atoms with Crippen LogP contribution >= 0.6 is 11.3 Å². The average Bonchev–Trinajstić information content (AvgIpc) is 3.46. The molecule has 1 amide bonds. The maximum absolute atomic E-state index is 12.3. The lowest BCUT2D eigenvalue weighted by atomic mass is 9.73. The molecule has 0 aromatic carbocycles. The number of nitrogens with one attached hydrogen (secondary N) is 1. The number of nitrogens with zero attached hydrogens (tertiary/aromatic N) is 4. The van der Waals surface area contributed by atoms with Gasteiger partial charge in [0, 0.05) is 54.8 Å². The van der Waals surface area contributed by atoms with Gasteiger partial charge in [0.05, 0.1) is 11.7 Å². The molecule has 27 heavy (non-hydrogen) atoms. The van der Waals surface area contributed by atoms with Crippen LogP contribution in [-0.4, -0.2) is 47.2 Å². The van der Waals surface area contributed by atoms with E-state index in [9.17, 15) is 10.1 Å². The number of carbonyl (C=O) groups excluding carboxylic acids is 1. The fourth-order valence-corrected chi connectivity index (χ4v) is 5.61. The lowest BCUT2D eigenvalue weighted by molar-refractivity contribution is 0.0141. The second-order valence-electron chi connectivity index (χ2n) is 7.47. The predicted molar refractivity (Wildman–Crippen MR) is 99.4 cm³/mol. The van der Waals surface area contributed by atoms with Crippen LogP contribution in [0.4, 0.5) is 5.82 Å². The minimum Gasteiger partial charge on any atom is -0.369 e. The van der Waals surface area contributed by atoms with Gasteiger partial charge in [-0.1, -0.05) is 0 Å². The molecule has 3 saturated heterocycles. The summed E-state index contributed by atoms with van der Waals surface area (Å²) in [5.41, 5.74) is 0.878. The number of nitriles is 1. The normalized spacial score (nSPS) is 30.9. The molecule has 138 valence electrons. The molecule has 3 fully saturated rings. The molecule has 0 radical (unpaired) electrons. The number of fused-ring (bicyclic) bond motifs is 1. The van der Waals surface area contributed by atoms with Crippen LogP contribution in [0.3, 0.4) is 0 Å². The monoisotopic (exact) mass is 381 g/mol. The van der Waals surface area contributed by atoms with Crippen LogP contribution in [0.5, 0.6) is 0 Å². The zero-order valence-electron chi connectivity index (χ0n) is 14.7. The zero-order valence-corrected chi connectivity index (χ0v) is 15.5. The van der Waals surface area contributed by atoms with E-state index >= 15 is 0 Å². The summed E-state index contributed by atoms with van der Waals surface area (Å²) in [4.78, 5) is 23.0. The number of thiophene rings is 1. The van der Waals surface area contributed by atoms with Crippen LogP contribution in [0, 0.1) is 23.2 Å². The molecule has 0 saturated carbocycles. The van der Waals surface area contributed by atoms with Gasteiger partial charge < -0.3 is 15.0 Å². The Morgan fingerprint density at radius 3 is 3.19 bits per heavy atom. The smallest absolute Gasteiger partial charge is 0.252 e. The average molecular weight is 381 g/mol. The van der Waals surface area contributed by atoms with Crippen molar-refractivity contribution >= 4 is 23.1 Å². The molecule has 4 atom stereocenters. The summed E-state index contributed by atoms with van der Waals surface area (Å²) < 4.78 is 6.42. The van der Waals surface area contributed by atoms with E-state index in [1.54, 1.807) is 12.4 Å². The quantitative estimate of drug-likeness (QED) is 0.869. The molecule has 5 rings (SSSR count). The first kappa shape index (κ1) is 16.7. The van der Waals surface area contributed by atoms with Crippen molar-refractivity contribution in [2.75, 3.05) is 24.5 Å². The van der Waals surface area contributed by atoms with E-state index in [0.29, 0.717) is 29.5 Å². The Balaban J connectivity index is 1.33. The van der Waals surface area contributed by atoms with Crippen molar-refractivity contribution in [2.24, 2.45) is 11.8 Å². The van der Waals surface area contributed by atoms with Gasteiger partial charge >= 0.3 is 0 Å². The Labute approximate surface area is 161 Å². The van der Waals surface area contributed by atoms with Gasteiger partial charge in [0.1, 0.15) is 6.07 Å². The van der Waals surface area contributed by atoms with E-state index in [4.69, 9.17) is 4.74 Å². The van der Waals surface area contributed by atoms with Crippen LogP contribution in [0.25, 0.3) is 0 Å². The third-order valence-electron chi connectivity index (χ3n) is 6.15. The van der Waals surface area contributed by atoms with Gasteiger partial charge in [0.2, 0.25) is 0 Å². The molecule has 8 heteroatoms. The number of ether oxygens (including phenoxy) is 1. The van der Waals surface area contributed by atoms with Gasteiger partial charge in [-0.05, 0) is 24.3 Å². The highest BCUT2D eigenvalue weighted by atomic mass is 32.1. The third-order valence-corrected chi connectivity index (χ3v) is 6.83. The molecular formula is C19H19N5O2S. The topological polar surface area (TPSA) is 91.1 Å². The predicted octanol–water partition coefficient (Wildman–Crippen LogP) is 1.82. The highest BCUT2D eigenvalue weighted by Crippen LogP contribution is 2.55. The maximum atomic E-state index is 12.3. The number of hydrogen-bond acceptors (Lipinski definition) is 7. The molecule has 2 bridgehead atoms. The summed E-state index contributed by atoms with van der Waals surface area (Å²) in [5, 5.41) is 16.2. The van der Waals surface area contributed by atoms with Gasteiger partial charge in [0.15, 0.2) is 11.5 Å². The molecule has 1 spiro atoms. The molecule has 2 aromatic heterocycles. The number of hydrogen-bond donors (Lipinski definition) is 1. The minimum atomic E-state index is -0.188. The highest BCUT2D eigenvalue weighted by molar-refractivity contribution is 7.08. The van der Waals surface area contributed by atoms with E-state index in [2.05, 4.69) is 26.3 Å². The molecule has 7 nitrogen and oxygen atoms in total. The first-order valence-electron chi connectivity index (χ1n) is 9.14.